The predicted molar refractivity (Wildman–Crippen MR) is 75.6 cm³/mol. The Morgan fingerprint density at radius 3 is 2.65 bits per heavy atom. The van der Waals surface area contributed by atoms with Gasteiger partial charge < -0.3 is 19.9 Å². The van der Waals surface area contributed by atoms with Gasteiger partial charge in [0, 0.05) is 13.0 Å². The largest absolute Gasteiger partial charge is 0.464 e. The van der Waals surface area contributed by atoms with Crippen LogP contribution in [0.3, 0.4) is 0 Å². The van der Waals surface area contributed by atoms with Crippen molar-refractivity contribution in [2.75, 3.05) is 32.5 Å². The fraction of sp³-hybridized carbons (Fsp3) is 0.714. The quantitative estimate of drug-likeness (QED) is 0.838. The van der Waals surface area contributed by atoms with Gasteiger partial charge in [-0.2, -0.15) is 0 Å². The number of aromatic nitrogens is 2. The number of ether oxygens (including phenoxy) is 1. The topological polar surface area (TPSA) is 73.4 Å². The maximum Gasteiger partial charge on any atom is 0.360 e. The van der Waals surface area contributed by atoms with E-state index in [1.54, 1.807) is 0 Å². The summed E-state index contributed by atoms with van der Waals surface area (Å²) in [6.07, 6.45) is 3.18. The summed E-state index contributed by atoms with van der Waals surface area (Å²) in [6.45, 7) is 5.42. The second-order valence-corrected chi connectivity index (χ2v) is 5.68. The molecule has 0 aromatic carbocycles. The Morgan fingerprint density at radius 1 is 1.45 bits per heavy atom. The number of methoxy groups -OCH3 is 1. The normalized spacial score (nSPS) is 28.6. The molecule has 4 rings (SSSR count). The van der Waals surface area contributed by atoms with Gasteiger partial charge in [0.2, 0.25) is 0 Å². The molecule has 1 aromatic rings. The molecular weight excluding hydrogens is 256 g/mol. The van der Waals surface area contributed by atoms with E-state index in [1.807, 2.05) is 6.92 Å². The zero-order valence-electron chi connectivity index (χ0n) is 12.1. The molecule has 3 aliphatic heterocycles. The molecule has 2 N–H and O–H groups in total. The monoisotopic (exact) mass is 278 g/mol. The Kier molecular flexibility index (Phi) is 3.41. The SMILES string of the molecule is CCc1nc(C(=O)OC)c(N)n1C1CN2CCC1CC2. The van der Waals surface area contributed by atoms with E-state index in [0.29, 0.717) is 17.8 Å². The molecule has 3 aliphatic rings. The number of rotatable bonds is 3. The molecule has 0 amide bonds. The number of fused-ring (bicyclic) bond motifs is 3. The molecule has 6 heteroatoms. The Bertz CT molecular complexity index is 517. The standard InChI is InChI=1S/C14H22N4O2/c1-3-11-16-12(14(19)20-2)13(15)18(11)10-8-17-6-4-9(10)5-7-17/h9-10H,3-8,15H2,1-2H3. The van der Waals surface area contributed by atoms with Gasteiger partial charge in [-0.1, -0.05) is 6.92 Å². The number of anilines is 1. The fourth-order valence-corrected chi connectivity index (χ4v) is 3.59. The molecule has 3 saturated heterocycles. The van der Waals surface area contributed by atoms with E-state index < -0.39 is 5.97 Å². The second-order valence-electron chi connectivity index (χ2n) is 5.68. The second kappa shape index (κ2) is 5.09. The van der Waals surface area contributed by atoms with Crippen molar-refractivity contribution in [1.29, 1.82) is 0 Å². The highest BCUT2D eigenvalue weighted by Gasteiger charge is 2.37. The first-order valence-electron chi connectivity index (χ1n) is 7.33. The van der Waals surface area contributed by atoms with Crippen molar-refractivity contribution in [3.63, 3.8) is 0 Å². The van der Waals surface area contributed by atoms with Crippen LogP contribution >= 0.6 is 0 Å². The molecule has 0 spiro atoms. The number of aryl methyl sites for hydroxylation is 1. The Hall–Kier alpha value is -1.56. The van der Waals surface area contributed by atoms with Gasteiger partial charge in [0.15, 0.2) is 5.69 Å². The Balaban J connectivity index is 2.00. The number of carbonyl (C=O) groups is 1. The summed E-state index contributed by atoms with van der Waals surface area (Å²) in [6, 6.07) is 0.346. The molecule has 1 aromatic heterocycles. The summed E-state index contributed by atoms with van der Waals surface area (Å²) in [5.74, 6) is 1.55. The maximum absolute atomic E-state index is 11.8. The molecule has 1 atom stereocenters. The summed E-state index contributed by atoms with van der Waals surface area (Å²) < 4.78 is 6.86. The first-order chi connectivity index (χ1) is 9.65. The highest BCUT2D eigenvalue weighted by Crippen LogP contribution is 2.38. The molecule has 110 valence electrons. The summed E-state index contributed by atoms with van der Waals surface area (Å²) in [5.41, 5.74) is 6.46. The molecule has 2 bridgehead atoms. The first-order valence-corrected chi connectivity index (χ1v) is 7.33. The van der Waals surface area contributed by atoms with E-state index in [0.717, 1.165) is 18.8 Å². The zero-order valence-corrected chi connectivity index (χ0v) is 12.1. The summed E-state index contributed by atoms with van der Waals surface area (Å²) >= 11 is 0. The summed E-state index contributed by atoms with van der Waals surface area (Å²) in [7, 11) is 1.36. The van der Waals surface area contributed by atoms with Crippen LogP contribution in [0.4, 0.5) is 5.82 Å². The van der Waals surface area contributed by atoms with E-state index in [4.69, 9.17) is 10.5 Å². The van der Waals surface area contributed by atoms with E-state index in [9.17, 15) is 4.79 Å². The maximum atomic E-state index is 11.8. The minimum absolute atomic E-state index is 0.265. The van der Waals surface area contributed by atoms with Gasteiger partial charge in [0.1, 0.15) is 11.6 Å². The van der Waals surface area contributed by atoms with E-state index in [-0.39, 0.29) is 5.69 Å². The van der Waals surface area contributed by atoms with Crippen LogP contribution in [0.1, 0.15) is 42.1 Å². The summed E-state index contributed by atoms with van der Waals surface area (Å²) in [5, 5.41) is 0. The number of piperidine rings is 3. The van der Waals surface area contributed by atoms with Crippen molar-refractivity contribution in [2.45, 2.75) is 32.2 Å². The van der Waals surface area contributed by atoms with Crippen LogP contribution in [0.15, 0.2) is 0 Å². The smallest absolute Gasteiger partial charge is 0.360 e. The van der Waals surface area contributed by atoms with Crippen molar-refractivity contribution in [1.82, 2.24) is 14.5 Å². The number of esters is 1. The van der Waals surface area contributed by atoms with Crippen LogP contribution < -0.4 is 5.73 Å². The van der Waals surface area contributed by atoms with Crippen molar-refractivity contribution in [2.24, 2.45) is 5.92 Å². The number of nitrogens with zero attached hydrogens (tertiary/aromatic N) is 3. The van der Waals surface area contributed by atoms with E-state index in [1.165, 1.54) is 33.0 Å². The van der Waals surface area contributed by atoms with Crippen molar-refractivity contribution in [3.05, 3.63) is 11.5 Å². The zero-order chi connectivity index (χ0) is 14.3. The van der Waals surface area contributed by atoms with Gasteiger partial charge in [-0.05, 0) is 31.8 Å². The number of hydrogen-bond donors (Lipinski definition) is 1. The number of hydrogen-bond acceptors (Lipinski definition) is 5. The molecule has 20 heavy (non-hydrogen) atoms. The predicted octanol–water partition coefficient (Wildman–Crippen LogP) is 1.08. The van der Waals surface area contributed by atoms with Gasteiger partial charge in [-0.3, -0.25) is 0 Å². The molecular formula is C14H22N4O2. The number of carbonyl (C=O) groups excluding carboxylic acids is 1. The average Bonchev–Trinajstić information content (AvgIpc) is 2.84. The highest BCUT2D eigenvalue weighted by atomic mass is 16.5. The molecule has 6 nitrogen and oxygen atoms in total. The van der Waals surface area contributed by atoms with Gasteiger partial charge >= 0.3 is 5.97 Å². The Morgan fingerprint density at radius 2 is 2.15 bits per heavy atom. The number of imidazole rings is 1. The molecule has 1 unspecified atom stereocenters. The fourth-order valence-electron chi connectivity index (χ4n) is 3.59. The van der Waals surface area contributed by atoms with E-state index in [2.05, 4.69) is 14.5 Å². The molecule has 0 saturated carbocycles. The third kappa shape index (κ3) is 1.98. The minimum atomic E-state index is -0.447. The van der Waals surface area contributed by atoms with Gasteiger partial charge in [-0.25, -0.2) is 9.78 Å². The Labute approximate surface area is 118 Å². The first kappa shape index (κ1) is 13.4. The van der Waals surface area contributed by atoms with E-state index >= 15 is 0 Å². The average molecular weight is 278 g/mol. The van der Waals surface area contributed by atoms with Gasteiger partial charge in [-0.15, -0.1) is 0 Å². The highest BCUT2D eigenvalue weighted by molar-refractivity contribution is 5.92. The van der Waals surface area contributed by atoms with Crippen molar-refractivity contribution < 1.29 is 9.53 Å². The molecule has 0 radical (unpaired) electrons. The minimum Gasteiger partial charge on any atom is -0.464 e. The molecule has 0 aliphatic carbocycles. The molecule has 4 heterocycles. The lowest BCUT2D eigenvalue weighted by Crippen LogP contribution is -2.48. The number of nitrogen functional groups attached to an aromatic ring is 1. The van der Waals surface area contributed by atoms with Gasteiger partial charge in [0.05, 0.1) is 13.2 Å². The van der Waals surface area contributed by atoms with Gasteiger partial charge in [0.25, 0.3) is 0 Å². The van der Waals surface area contributed by atoms with Crippen LogP contribution in [0.25, 0.3) is 0 Å². The summed E-state index contributed by atoms with van der Waals surface area (Å²) in [4.78, 5) is 18.6. The lowest BCUT2D eigenvalue weighted by Gasteiger charge is -2.45. The van der Waals surface area contributed by atoms with Crippen LogP contribution in [-0.2, 0) is 11.2 Å². The third-order valence-corrected chi connectivity index (χ3v) is 4.67. The van der Waals surface area contributed by atoms with Crippen LogP contribution in [-0.4, -0.2) is 47.2 Å². The van der Waals surface area contributed by atoms with Crippen molar-refractivity contribution in [3.8, 4) is 0 Å². The third-order valence-electron chi connectivity index (χ3n) is 4.67. The van der Waals surface area contributed by atoms with Crippen molar-refractivity contribution >= 4 is 11.8 Å². The van der Waals surface area contributed by atoms with Crippen LogP contribution in [0, 0.1) is 5.92 Å². The number of nitrogens with two attached hydrogens (primary N) is 1. The van der Waals surface area contributed by atoms with Crippen LogP contribution in [0.2, 0.25) is 0 Å². The van der Waals surface area contributed by atoms with Crippen LogP contribution in [0.5, 0.6) is 0 Å². The molecule has 3 fully saturated rings. The lowest BCUT2D eigenvalue weighted by molar-refractivity contribution is 0.0562. The lowest BCUT2D eigenvalue weighted by atomic mass is 9.83.